The summed E-state index contributed by atoms with van der Waals surface area (Å²) < 4.78 is 57.8. The fourth-order valence-electron chi connectivity index (χ4n) is 2.80. The van der Waals surface area contributed by atoms with Crippen LogP contribution in [0.4, 0.5) is 5.69 Å². The van der Waals surface area contributed by atoms with Gasteiger partial charge in [-0.05, 0) is 37.3 Å². The second-order valence-electron chi connectivity index (χ2n) is 6.96. The summed E-state index contributed by atoms with van der Waals surface area (Å²) in [5.41, 5.74) is 1.10. The number of nitrogens with zero attached hydrogens (tertiary/aromatic N) is 1. The van der Waals surface area contributed by atoms with E-state index in [1.165, 1.54) is 40.7 Å². The van der Waals surface area contributed by atoms with Crippen molar-refractivity contribution in [2.24, 2.45) is 0 Å². The van der Waals surface area contributed by atoms with Crippen molar-refractivity contribution in [1.82, 2.24) is 9.03 Å². The number of rotatable bonds is 11. The highest BCUT2D eigenvalue weighted by Gasteiger charge is 2.22. The molecule has 0 saturated carbocycles. The standard InChI is InChI=1S/C21H27N3O7S2/c1-4-24(5-2)33(29,30)19-8-6-7-17(13-19)23-20(25)15-31-21(26)14-22-32(27,28)18-11-9-16(3)10-12-18/h6-13,22H,4-5,14-15H2,1-3H3,(H,23,25). The van der Waals surface area contributed by atoms with E-state index in [4.69, 9.17) is 4.74 Å². The van der Waals surface area contributed by atoms with Gasteiger partial charge in [0.1, 0.15) is 6.54 Å². The molecule has 2 N–H and O–H groups in total. The topological polar surface area (TPSA) is 139 Å². The molecule has 0 aliphatic rings. The Morgan fingerprint density at radius 2 is 1.58 bits per heavy atom. The highest BCUT2D eigenvalue weighted by Crippen LogP contribution is 2.19. The van der Waals surface area contributed by atoms with E-state index < -0.39 is 45.1 Å². The largest absolute Gasteiger partial charge is 0.455 e. The van der Waals surface area contributed by atoms with Crippen molar-refractivity contribution in [3.8, 4) is 0 Å². The van der Waals surface area contributed by atoms with E-state index in [-0.39, 0.29) is 15.5 Å². The van der Waals surface area contributed by atoms with Crippen molar-refractivity contribution in [3.63, 3.8) is 0 Å². The van der Waals surface area contributed by atoms with Crippen LogP contribution < -0.4 is 10.0 Å². The van der Waals surface area contributed by atoms with Crippen molar-refractivity contribution in [1.29, 1.82) is 0 Å². The SMILES string of the molecule is CCN(CC)S(=O)(=O)c1cccc(NC(=O)COC(=O)CNS(=O)(=O)c2ccc(C)cc2)c1. The number of hydrogen-bond acceptors (Lipinski definition) is 7. The summed E-state index contributed by atoms with van der Waals surface area (Å²) in [4.78, 5) is 24.0. The van der Waals surface area contributed by atoms with E-state index in [9.17, 15) is 26.4 Å². The normalized spacial score (nSPS) is 11.9. The van der Waals surface area contributed by atoms with E-state index in [0.29, 0.717) is 13.1 Å². The first-order chi connectivity index (χ1) is 15.5. The van der Waals surface area contributed by atoms with Crippen LogP contribution in [-0.2, 0) is 34.4 Å². The second-order valence-corrected chi connectivity index (χ2v) is 10.7. The Kier molecular flexibility index (Phi) is 9.11. The molecule has 0 spiro atoms. The summed E-state index contributed by atoms with van der Waals surface area (Å²) in [5, 5.41) is 2.45. The highest BCUT2D eigenvalue weighted by atomic mass is 32.2. The van der Waals surface area contributed by atoms with Crippen LogP contribution in [-0.4, -0.2) is 59.3 Å². The number of sulfonamides is 2. The number of nitrogens with one attached hydrogen (secondary N) is 2. The zero-order chi connectivity index (χ0) is 24.6. The van der Waals surface area contributed by atoms with Crippen LogP contribution in [0.3, 0.4) is 0 Å². The zero-order valence-corrected chi connectivity index (χ0v) is 20.2. The molecule has 0 bridgehead atoms. The Morgan fingerprint density at radius 3 is 2.18 bits per heavy atom. The van der Waals surface area contributed by atoms with Crippen LogP contribution >= 0.6 is 0 Å². The molecule has 2 aromatic rings. The molecule has 0 fully saturated rings. The van der Waals surface area contributed by atoms with Gasteiger partial charge in [-0.2, -0.15) is 9.03 Å². The minimum absolute atomic E-state index is 0.00168. The molecule has 1 amide bonds. The number of anilines is 1. The van der Waals surface area contributed by atoms with Crippen LogP contribution in [0, 0.1) is 6.92 Å². The third-order valence-electron chi connectivity index (χ3n) is 4.56. The molecule has 0 unspecified atom stereocenters. The van der Waals surface area contributed by atoms with Crippen LogP contribution in [0.25, 0.3) is 0 Å². The monoisotopic (exact) mass is 497 g/mol. The molecule has 0 heterocycles. The summed E-state index contributed by atoms with van der Waals surface area (Å²) >= 11 is 0. The number of benzene rings is 2. The lowest BCUT2D eigenvalue weighted by Crippen LogP contribution is -2.32. The van der Waals surface area contributed by atoms with Gasteiger partial charge in [0.15, 0.2) is 6.61 Å². The lowest BCUT2D eigenvalue weighted by atomic mass is 10.2. The van der Waals surface area contributed by atoms with E-state index in [1.54, 1.807) is 26.0 Å². The van der Waals surface area contributed by atoms with Crippen molar-refractivity contribution in [3.05, 3.63) is 54.1 Å². The van der Waals surface area contributed by atoms with Crippen LogP contribution in [0.1, 0.15) is 19.4 Å². The van der Waals surface area contributed by atoms with Crippen molar-refractivity contribution in [2.45, 2.75) is 30.6 Å². The van der Waals surface area contributed by atoms with Gasteiger partial charge in [0.2, 0.25) is 20.0 Å². The fraction of sp³-hybridized carbons (Fsp3) is 0.333. The Morgan fingerprint density at radius 1 is 0.939 bits per heavy atom. The predicted octanol–water partition coefficient (Wildman–Crippen LogP) is 1.49. The summed E-state index contributed by atoms with van der Waals surface area (Å²) in [7, 11) is -7.60. The molecule has 0 radical (unpaired) electrons. The highest BCUT2D eigenvalue weighted by molar-refractivity contribution is 7.89. The first kappa shape index (κ1) is 26.5. The number of esters is 1. The molecule has 180 valence electrons. The van der Waals surface area contributed by atoms with Crippen molar-refractivity contribution >= 4 is 37.6 Å². The molecule has 0 aliphatic carbocycles. The van der Waals surface area contributed by atoms with Gasteiger partial charge in [-0.15, -0.1) is 0 Å². The Hall–Kier alpha value is -2.80. The number of aryl methyl sites for hydroxylation is 1. The third-order valence-corrected chi connectivity index (χ3v) is 8.03. The van der Waals surface area contributed by atoms with Crippen molar-refractivity contribution in [2.75, 3.05) is 31.6 Å². The quantitative estimate of drug-likeness (QED) is 0.448. The molecule has 0 saturated heterocycles. The van der Waals surface area contributed by atoms with Gasteiger partial charge in [-0.3, -0.25) is 9.59 Å². The molecular formula is C21H27N3O7S2. The maximum atomic E-state index is 12.6. The molecule has 0 atom stereocenters. The molecule has 2 rings (SSSR count). The molecule has 33 heavy (non-hydrogen) atoms. The number of ether oxygens (including phenoxy) is 1. The van der Waals surface area contributed by atoms with Gasteiger partial charge in [0.05, 0.1) is 9.79 Å². The minimum atomic E-state index is -3.90. The molecule has 0 aliphatic heterocycles. The summed E-state index contributed by atoms with van der Waals surface area (Å²) in [6.45, 7) is 4.55. The van der Waals surface area contributed by atoms with E-state index in [0.717, 1.165) is 5.56 Å². The molecule has 2 aromatic carbocycles. The fourth-order valence-corrected chi connectivity index (χ4v) is 5.27. The molecule has 12 heteroatoms. The predicted molar refractivity (Wildman–Crippen MR) is 123 cm³/mol. The first-order valence-corrected chi connectivity index (χ1v) is 13.0. The van der Waals surface area contributed by atoms with E-state index in [2.05, 4.69) is 10.0 Å². The summed E-state index contributed by atoms with van der Waals surface area (Å²) in [6.07, 6.45) is 0. The van der Waals surface area contributed by atoms with Crippen LogP contribution in [0.2, 0.25) is 0 Å². The Bertz CT molecular complexity index is 1190. The molecule has 10 nitrogen and oxygen atoms in total. The average molecular weight is 498 g/mol. The maximum absolute atomic E-state index is 12.6. The van der Waals surface area contributed by atoms with E-state index in [1.807, 2.05) is 6.92 Å². The average Bonchev–Trinajstić information content (AvgIpc) is 2.77. The third kappa shape index (κ3) is 7.35. The van der Waals surface area contributed by atoms with Gasteiger partial charge in [0.25, 0.3) is 5.91 Å². The number of amides is 1. The van der Waals surface area contributed by atoms with Gasteiger partial charge in [-0.1, -0.05) is 37.6 Å². The van der Waals surface area contributed by atoms with Gasteiger partial charge in [-0.25, -0.2) is 16.8 Å². The zero-order valence-electron chi connectivity index (χ0n) is 18.6. The number of hydrogen-bond donors (Lipinski definition) is 2. The Labute approximate surface area is 194 Å². The van der Waals surface area contributed by atoms with Crippen molar-refractivity contribution < 1.29 is 31.2 Å². The number of carbonyl (C=O) groups excluding carboxylic acids is 2. The van der Waals surface area contributed by atoms with Gasteiger partial charge < -0.3 is 10.1 Å². The number of carbonyl (C=O) groups is 2. The first-order valence-electron chi connectivity index (χ1n) is 10.1. The van der Waals surface area contributed by atoms with Gasteiger partial charge >= 0.3 is 5.97 Å². The second kappa shape index (κ2) is 11.4. The van der Waals surface area contributed by atoms with Crippen LogP contribution in [0.15, 0.2) is 58.3 Å². The van der Waals surface area contributed by atoms with E-state index >= 15 is 0 Å². The summed E-state index contributed by atoms with van der Waals surface area (Å²) in [6, 6.07) is 11.8. The lowest BCUT2D eigenvalue weighted by molar-refractivity contribution is -0.146. The van der Waals surface area contributed by atoms with Gasteiger partial charge in [0, 0.05) is 18.8 Å². The van der Waals surface area contributed by atoms with Crippen LogP contribution in [0.5, 0.6) is 0 Å². The minimum Gasteiger partial charge on any atom is -0.455 e. The summed E-state index contributed by atoms with van der Waals surface area (Å²) in [5.74, 6) is -1.65. The molecule has 0 aromatic heterocycles. The lowest BCUT2D eigenvalue weighted by Gasteiger charge is -2.18. The smallest absolute Gasteiger partial charge is 0.321 e. The maximum Gasteiger partial charge on any atom is 0.321 e. The Balaban J connectivity index is 1.90. The molecular weight excluding hydrogens is 470 g/mol.